The zero-order valence-electron chi connectivity index (χ0n) is 48.6. The Morgan fingerprint density at radius 2 is 0.511 bits per heavy atom. The van der Waals surface area contributed by atoms with Crippen LogP contribution in [-0.2, 0) is 38.3 Å². The van der Waals surface area contributed by atoms with E-state index < -0.39 is 235 Å². The Labute approximate surface area is 556 Å². The number of carbonyl (C=O) groups is 7. The summed E-state index contributed by atoms with van der Waals surface area (Å²) >= 11 is 28.1. The summed E-state index contributed by atoms with van der Waals surface area (Å²) in [5.74, 6) is -5.62. The number of carboxylic acid groups (broad SMARTS) is 6. The molecule has 0 amide bonds. The number of rotatable bonds is 38. The summed E-state index contributed by atoms with van der Waals surface area (Å²) in [6, 6.07) is 0. The quantitative estimate of drug-likeness (QED) is 0.0202. The first-order chi connectivity index (χ1) is 41.7. The van der Waals surface area contributed by atoms with E-state index in [1.54, 1.807) is 0 Å². The van der Waals surface area contributed by atoms with Gasteiger partial charge in [0.25, 0.3) is 0 Å². The number of carbonyl (C=O) groups excluding carboxylic acids is 1. The van der Waals surface area contributed by atoms with Gasteiger partial charge in [0.1, 0.15) is 61.0 Å². The van der Waals surface area contributed by atoms with E-state index in [0.29, 0.717) is 17.3 Å². The van der Waals surface area contributed by atoms with Crippen LogP contribution in [0.1, 0.15) is 51.4 Å². The summed E-state index contributed by atoms with van der Waals surface area (Å²) in [7, 11) is 0. The summed E-state index contributed by atoms with van der Waals surface area (Å²) in [6.45, 7) is -7.25. The van der Waals surface area contributed by atoms with Crippen molar-refractivity contribution >= 4 is 130 Å². The lowest BCUT2D eigenvalue weighted by atomic mass is 9.55. The third kappa shape index (κ3) is 59.6. The SMILES string of the molecule is O=C(O)CC(S)C(C(S)CC(=O)O)(C(S)CC(=O)O)C(CO)(CCO)COC(=O)CCS.O=C(O)CCS.O=C(O)CCS.O=C(O)CCS.OC[C@@H](O)[C@@H](O)CO.OC[C@@H](O)[C@@H](O)CO.OC[C@@H](O)[C@@H](O)CO.OC[C@@H](O)[C@@H](O)CO.OC[C@@H](O)[C@@H](O)CO. The van der Waals surface area contributed by atoms with Gasteiger partial charge in [0, 0.05) is 56.2 Å². The maximum Gasteiger partial charge on any atom is 0.306 e. The van der Waals surface area contributed by atoms with Crippen LogP contribution in [0.25, 0.3) is 0 Å². The van der Waals surface area contributed by atoms with Crippen LogP contribution in [0.5, 0.6) is 0 Å². The number of ether oxygens (including phenoxy) is 1. The maximum absolute atomic E-state index is 12.0. The lowest BCUT2D eigenvalue weighted by Gasteiger charge is -2.57. The van der Waals surface area contributed by atoms with Gasteiger partial charge >= 0.3 is 41.8 Å². The minimum atomic E-state index is -1.84. The molecule has 0 aliphatic carbocycles. The Bertz CT molecular complexity index is 1500. The van der Waals surface area contributed by atoms with E-state index in [1.807, 2.05) is 0 Å². The van der Waals surface area contributed by atoms with Crippen molar-refractivity contribution in [2.24, 2.45) is 10.8 Å². The van der Waals surface area contributed by atoms with Gasteiger partial charge < -0.3 is 148 Å². The molecule has 0 spiro atoms. The largest absolute Gasteiger partial charge is 0.481 e. The molecule has 28 N–H and O–H groups in total. The molecule has 0 aliphatic heterocycles. The molecule has 0 aliphatic rings. The summed E-state index contributed by atoms with van der Waals surface area (Å²) in [5, 5.41) is 234. The molecule has 0 radical (unpaired) electrons. The molecule has 43 heteroatoms. The highest BCUT2D eigenvalue weighted by atomic mass is 32.1. The van der Waals surface area contributed by atoms with E-state index >= 15 is 0 Å². The number of aliphatic hydroxyl groups excluding tert-OH is 22. The Hall–Kier alpha value is -2.14. The van der Waals surface area contributed by atoms with Gasteiger partial charge in [-0.2, -0.15) is 88.4 Å². The summed E-state index contributed by atoms with van der Waals surface area (Å²) in [4.78, 5) is 75.3. The summed E-state index contributed by atoms with van der Waals surface area (Å²) in [6.07, 6.45) is -14.2. The fourth-order valence-electron chi connectivity index (χ4n) is 5.50. The van der Waals surface area contributed by atoms with Gasteiger partial charge in [0.05, 0.1) is 124 Å². The second kappa shape index (κ2) is 69.7. The Morgan fingerprint density at radius 3 is 0.622 bits per heavy atom. The number of aliphatic carboxylic acids is 6. The highest BCUT2D eigenvalue weighted by molar-refractivity contribution is 7.83. The van der Waals surface area contributed by atoms with Crippen molar-refractivity contribution in [1.29, 1.82) is 0 Å². The number of aliphatic hydroxyl groups is 22. The third-order valence-corrected chi connectivity index (χ3v) is 13.2. The first-order valence-corrected chi connectivity index (χ1v) is 29.9. The topological polar surface area (TPSA) is 695 Å². The lowest BCUT2D eigenvalue weighted by molar-refractivity contribution is -0.160. The first-order valence-electron chi connectivity index (χ1n) is 25.8. The van der Waals surface area contributed by atoms with E-state index in [1.165, 1.54) is 0 Å². The number of hydrogen-bond donors (Lipinski definition) is 35. The second-order valence-electron chi connectivity index (χ2n) is 17.4. The van der Waals surface area contributed by atoms with Crippen LogP contribution < -0.4 is 0 Å². The van der Waals surface area contributed by atoms with Gasteiger partial charge in [-0.15, -0.1) is 0 Å². The molecule has 0 aromatic carbocycles. The molecule has 0 aromatic rings. The van der Waals surface area contributed by atoms with Gasteiger partial charge in [-0.05, 0) is 6.42 Å². The average molecular weight is 1460 g/mol. The molecule has 0 rings (SSSR count). The molecule has 14 atom stereocenters. The molecular formula is C47H98O36S7. The van der Waals surface area contributed by atoms with Crippen LogP contribution in [0.3, 0.4) is 0 Å². The van der Waals surface area contributed by atoms with Crippen LogP contribution in [0.2, 0.25) is 0 Å². The molecular weight excluding hydrogens is 1360 g/mol. The molecule has 0 aromatic heterocycles. The molecule has 0 bridgehead atoms. The van der Waals surface area contributed by atoms with Crippen molar-refractivity contribution in [3.63, 3.8) is 0 Å². The van der Waals surface area contributed by atoms with Gasteiger partial charge in [0.2, 0.25) is 0 Å². The number of esters is 1. The smallest absolute Gasteiger partial charge is 0.306 e. The monoisotopic (exact) mass is 1460 g/mol. The number of hydrogen-bond acceptors (Lipinski definition) is 37. The lowest BCUT2D eigenvalue weighted by Crippen LogP contribution is -2.64. The molecule has 0 saturated carbocycles. The van der Waals surface area contributed by atoms with Gasteiger partial charge in [-0.3, -0.25) is 33.6 Å². The molecule has 4 unspecified atom stereocenters. The van der Waals surface area contributed by atoms with Crippen molar-refractivity contribution < 1.29 is 181 Å². The summed E-state index contributed by atoms with van der Waals surface area (Å²) in [5.41, 5.74) is -3.56. The van der Waals surface area contributed by atoms with Crippen LogP contribution in [0.4, 0.5) is 0 Å². The van der Waals surface area contributed by atoms with Crippen molar-refractivity contribution in [1.82, 2.24) is 0 Å². The summed E-state index contributed by atoms with van der Waals surface area (Å²) < 4.78 is 5.26. The minimum absolute atomic E-state index is 0.0883. The van der Waals surface area contributed by atoms with E-state index in [9.17, 15) is 59.1 Å². The zero-order chi connectivity index (χ0) is 72.9. The van der Waals surface area contributed by atoms with Crippen LogP contribution >= 0.6 is 88.4 Å². The highest BCUT2D eigenvalue weighted by Crippen LogP contribution is 2.57. The van der Waals surface area contributed by atoms with Crippen molar-refractivity contribution in [2.45, 2.75) is 128 Å². The molecule has 36 nitrogen and oxygen atoms in total. The Morgan fingerprint density at radius 1 is 0.322 bits per heavy atom. The normalized spacial score (nSPS) is 16.0. The van der Waals surface area contributed by atoms with E-state index in [-0.39, 0.29) is 37.9 Å². The first kappa shape index (κ1) is 107. The molecule has 90 heavy (non-hydrogen) atoms. The van der Waals surface area contributed by atoms with Crippen molar-refractivity contribution in [2.75, 3.05) is 109 Å². The van der Waals surface area contributed by atoms with Crippen LogP contribution in [-0.4, -0.2) is 370 Å². The Kier molecular flexibility index (Phi) is 82.5. The molecule has 0 heterocycles. The second-order valence-corrected chi connectivity index (χ2v) is 21.1. The zero-order valence-corrected chi connectivity index (χ0v) is 54.9. The standard InChI is InChI=1S/C18H30O10S4.5C4H10O4.3C3H6O2S/c19-3-2-17(8-20,9-28-16(27)1-4-29)18(10(30)5-13(21)22,11(31)6-14(23)24)12(32)7-15(25)26;5*5-1-3(7)4(8)2-6;3*4-3(5)1-2-6/h10-12,19-20,29-32H,1-9H2,(H,21,22)(H,23,24)(H,25,26);5*3-8H,1-2H2;3*6H,1-2H2,(H,4,5)/t;5*3-,4+;;;. The molecule has 0 fully saturated rings. The van der Waals surface area contributed by atoms with Gasteiger partial charge in [0.15, 0.2) is 0 Å². The Balaban J connectivity index is -0.000000132. The van der Waals surface area contributed by atoms with Gasteiger partial charge in [-0.25, -0.2) is 0 Å². The predicted octanol–water partition coefficient (Wildman–Crippen LogP) is -9.85. The third-order valence-electron chi connectivity index (χ3n) is 10.5. The maximum atomic E-state index is 12.0. The van der Waals surface area contributed by atoms with Crippen molar-refractivity contribution in [3.8, 4) is 0 Å². The predicted molar refractivity (Wildman–Crippen MR) is 337 cm³/mol. The van der Waals surface area contributed by atoms with Crippen molar-refractivity contribution in [3.05, 3.63) is 0 Å². The minimum Gasteiger partial charge on any atom is -0.481 e. The molecule has 0 saturated heterocycles. The van der Waals surface area contributed by atoms with E-state index in [4.69, 9.17) is 122 Å². The van der Waals surface area contributed by atoms with Crippen LogP contribution in [0, 0.1) is 10.8 Å². The fourth-order valence-corrected chi connectivity index (χ4v) is 8.98. The molecule has 544 valence electrons. The number of carboxylic acids is 6. The fraction of sp³-hybridized carbons (Fsp3) is 0.851. The van der Waals surface area contributed by atoms with Gasteiger partial charge in [-0.1, -0.05) is 0 Å². The highest BCUT2D eigenvalue weighted by Gasteiger charge is 2.62. The van der Waals surface area contributed by atoms with Crippen LogP contribution in [0.15, 0.2) is 0 Å². The van der Waals surface area contributed by atoms with E-state index in [2.05, 4.69) is 88.4 Å². The number of thiol groups is 7. The van der Waals surface area contributed by atoms with E-state index in [0.717, 1.165) is 0 Å². The average Bonchev–Trinajstić information content (AvgIpc) is 0.739.